The van der Waals surface area contributed by atoms with E-state index in [-0.39, 0.29) is 29.8 Å². The van der Waals surface area contributed by atoms with Gasteiger partial charge in [-0.05, 0) is 86.7 Å². The molecule has 0 aliphatic heterocycles. The smallest absolute Gasteiger partial charge is 0.264 e. The summed E-state index contributed by atoms with van der Waals surface area (Å²) in [5, 5.41) is 3.02. The summed E-state index contributed by atoms with van der Waals surface area (Å²) in [6, 6.07) is 25.9. The fraction of sp³-hybridized carbons (Fsp3) is 0.297. The topological polar surface area (TPSA) is 86.8 Å². The molecule has 0 spiro atoms. The fourth-order valence-electron chi connectivity index (χ4n) is 5.12. The van der Waals surface area contributed by atoms with Gasteiger partial charge in [-0.15, -0.1) is 0 Å². The minimum atomic E-state index is -4.21. The third-order valence-electron chi connectivity index (χ3n) is 8.06. The van der Waals surface area contributed by atoms with Crippen molar-refractivity contribution in [1.29, 1.82) is 0 Å². The Labute approximate surface area is 272 Å². The van der Waals surface area contributed by atoms with Gasteiger partial charge in [-0.2, -0.15) is 0 Å². The highest BCUT2D eigenvalue weighted by Gasteiger charge is 2.35. The van der Waals surface area contributed by atoms with E-state index in [2.05, 4.69) is 5.32 Å². The van der Waals surface area contributed by atoms with E-state index in [1.807, 2.05) is 70.2 Å². The van der Waals surface area contributed by atoms with E-state index in [9.17, 15) is 22.4 Å². The highest BCUT2D eigenvalue weighted by atomic mass is 32.2. The van der Waals surface area contributed by atoms with Crippen LogP contribution in [-0.4, -0.2) is 43.8 Å². The molecule has 0 fully saturated rings. The summed E-state index contributed by atoms with van der Waals surface area (Å²) in [5.74, 6) is -1.35. The molecule has 0 bridgehead atoms. The molecule has 0 saturated carbocycles. The number of hydrogen-bond donors (Lipinski definition) is 1. The Balaban J connectivity index is 1.83. The number of sulfonamides is 1. The zero-order valence-electron chi connectivity index (χ0n) is 27.0. The average molecular weight is 644 g/mol. The molecule has 0 aliphatic carbocycles. The summed E-state index contributed by atoms with van der Waals surface area (Å²) in [6.07, 6.45) is 0.884. The van der Waals surface area contributed by atoms with Crippen LogP contribution in [0, 0.1) is 26.6 Å². The molecule has 0 saturated heterocycles. The van der Waals surface area contributed by atoms with Gasteiger partial charge in [-0.1, -0.05) is 79.2 Å². The molecule has 4 aromatic carbocycles. The number of aryl methyl sites for hydroxylation is 3. The van der Waals surface area contributed by atoms with Gasteiger partial charge in [0.05, 0.1) is 10.6 Å². The molecular formula is C37H42FN3O4S. The van der Waals surface area contributed by atoms with Crippen LogP contribution in [0.4, 0.5) is 10.1 Å². The van der Waals surface area contributed by atoms with Gasteiger partial charge >= 0.3 is 0 Å². The molecular weight excluding hydrogens is 601 g/mol. The van der Waals surface area contributed by atoms with Crippen molar-refractivity contribution in [2.45, 2.75) is 71.0 Å². The molecule has 46 heavy (non-hydrogen) atoms. The Morgan fingerprint density at radius 2 is 1.46 bits per heavy atom. The maximum absolute atomic E-state index is 14.6. The molecule has 7 nitrogen and oxygen atoms in total. The monoisotopic (exact) mass is 643 g/mol. The van der Waals surface area contributed by atoms with Gasteiger partial charge in [0.1, 0.15) is 18.4 Å². The van der Waals surface area contributed by atoms with Crippen LogP contribution < -0.4 is 9.62 Å². The molecule has 0 heterocycles. The van der Waals surface area contributed by atoms with Gasteiger partial charge in [-0.3, -0.25) is 13.9 Å². The van der Waals surface area contributed by atoms with Gasteiger partial charge < -0.3 is 10.2 Å². The average Bonchev–Trinajstić information content (AvgIpc) is 3.04. The van der Waals surface area contributed by atoms with Crippen LogP contribution in [0.15, 0.2) is 102 Å². The van der Waals surface area contributed by atoms with Gasteiger partial charge in [0.2, 0.25) is 11.8 Å². The van der Waals surface area contributed by atoms with E-state index >= 15 is 0 Å². The molecule has 9 heteroatoms. The van der Waals surface area contributed by atoms with E-state index in [1.54, 1.807) is 37.3 Å². The number of nitrogens with one attached hydrogen (secondary N) is 1. The van der Waals surface area contributed by atoms with Crippen LogP contribution in [0.1, 0.15) is 48.1 Å². The molecule has 0 radical (unpaired) electrons. The SMILES string of the molecule is CC[C@@H](C)NC(=O)[C@H](Cc1ccccc1)N(Cc1ccc(F)cc1)C(=O)CN(c1cc(C)ccc1C)S(=O)(=O)c1ccc(C)cc1. The molecule has 4 rings (SSSR count). The Hall–Kier alpha value is -4.50. The molecule has 242 valence electrons. The normalized spacial score (nSPS) is 12.7. The second kappa shape index (κ2) is 15.2. The van der Waals surface area contributed by atoms with Crippen molar-refractivity contribution in [3.8, 4) is 0 Å². The van der Waals surface area contributed by atoms with Gasteiger partial charge in [-0.25, -0.2) is 12.8 Å². The highest BCUT2D eigenvalue weighted by Crippen LogP contribution is 2.29. The zero-order chi connectivity index (χ0) is 33.4. The van der Waals surface area contributed by atoms with Gasteiger partial charge in [0, 0.05) is 19.0 Å². The van der Waals surface area contributed by atoms with Crippen molar-refractivity contribution < 1.29 is 22.4 Å². The Morgan fingerprint density at radius 3 is 2.09 bits per heavy atom. The van der Waals surface area contributed by atoms with Crippen molar-refractivity contribution in [3.63, 3.8) is 0 Å². The summed E-state index contributed by atoms with van der Waals surface area (Å²) < 4.78 is 43.5. The van der Waals surface area contributed by atoms with Crippen LogP contribution >= 0.6 is 0 Å². The highest BCUT2D eigenvalue weighted by molar-refractivity contribution is 7.92. The summed E-state index contributed by atoms with van der Waals surface area (Å²) >= 11 is 0. The van der Waals surface area contributed by atoms with Crippen molar-refractivity contribution in [3.05, 3.63) is 131 Å². The van der Waals surface area contributed by atoms with Gasteiger partial charge in [0.15, 0.2) is 0 Å². The predicted molar refractivity (Wildman–Crippen MR) is 180 cm³/mol. The summed E-state index contributed by atoms with van der Waals surface area (Å²) in [4.78, 5) is 30.0. The third kappa shape index (κ3) is 8.60. The van der Waals surface area contributed by atoms with Crippen molar-refractivity contribution >= 4 is 27.5 Å². The number of nitrogens with zero attached hydrogens (tertiary/aromatic N) is 2. The number of anilines is 1. The number of halogens is 1. The Bertz CT molecular complexity index is 1740. The van der Waals surface area contributed by atoms with Crippen LogP contribution in [-0.2, 0) is 32.6 Å². The lowest BCUT2D eigenvalue weighted by atomic mass is 10.0. The lowest BCUT2D eigenvalue weighted by Gasteiger charge is -2.34. The quantitative estimate of drug-likeness (QED) is 0.180. The zero-order valence-corrected chi connectivity index (χ0v) is 27.9. The second-order valence-corrected chi connectivity index (χ2v) is 13.6. The second-order valence-electron chi connectivity index (χ2n) is 11.8. The maximum atomic E-state index is 14.6. The third-order valence-corrected chi connectivity index (χ3v) is 9.83. The summed E-state index contributed by atoms with van der Waals surface area (Å²) in [6.45, 7) is 8.78. The fourth-order valence-corrected chi connectivity index (χ4v) is 6.59. The van der Waals surface area contributed by atoms with Crippen LogP contribution in [0.5, 0.6) is 0 Å². The Kier molecular flexibility index (Phi) is 11.4. The summed E-state index contributed by atoms with van der Waals surface area (Å²) in [7, 11) is -4.21. The first-order chi connectivity index (χ1) is 21.9. The minimum absolute atomic E-state index is 0.0320. The van der Waals surface area contributed by atoms with E-state index in [0.717, 1.165) is 21.0 Å². The van der Waals surface area contributed by atoms with Crippen LogP contribution in [0.3, 0.4) is 0 Å². The van der Waals surface area contributed by atoms with Crippen molar-refractivity contribution in [2.24, 2.45) is 0 Å². The lowest BCUT2D eigenvalue weighted by Crippen LogP contribution is -2.54. The van der Waals surface area contributed by atoms with Gasteiger partial charge in [0.25, 0.3) is 10.0 Å². The molecule has 1 N–H and O–H groups in total. The van der Waals surface area contributed by atoms with E-state index in [0.29, 0.717) is 23.2 Å². The van der Waals surface area contributed by atoms with Crippen molar-refractivity contribution in [2.75, 3.05) is 10.8 Å². The summed E-state index contributed by atoms with van der Waals surface area (Å²) in [5.41, 5.74) is 4.21. The number of carbonyl (C=O) groups excluding carboxylic acids is 2. The number of carbonyl (C=O) groups is 2. The lowest BCUT2D eigenvalue weighted by molar-refractivity contribution is -0.140. The standard InChI is InChI=1S/C37H42FN3O4S/c1-6-29(5)39-37(43)35(23-30-10-8-7-9-11-30)40(24-31-16-18-32(38)19-17-31)36(42)25-41(34-22-27(3)12-15-28(34)4)46(44,45)33-20-13-26(2)14-21-33/h7-22,29,35H,6,23-25H2,1-5H3,(H,39,43)/t29-,35+/m1/s1. The molecule has 4 aromatic rings. The minimum Gasteiger partial charge on any atom is -0.352 e. The van der Waals surface area contributed by atoms with Crippen molar-refractivity contribution in [1.82, 2.24) is 10.2 Å². The van der Waals surface area contributed by atoms with E-state index < -0.39 is 34.3 Å². The molecule has 0 aromatic heterocycles. The van der Waals surface area contributed by atoms with E-state index in [4.69, 9.17) is 0 Å². The first-order valence-electron chi connectivity index (χ1n) is 15.4. The molecule has 2 atom stereocenters. The largest absolute Gasteiger partial charge is 0.352 e. The van der Waals surface area contributed by atoms with Crippen LogP contribution in [0.2, 0.25) is 0 Å². The number of amides is 2. The number of rotatable bonds is 13. The van der Waals surface area contributed by atoms with E-state index in [1.165, 1.54) is 29.2 Å². The maximum Gasteiger partial charge on any atom is 0.264 e. The first kappa shape index (κ1) is 34.4. The predicted octanol–water partition coefficient (Wildman–Crippen LogP) is 6.50. The molecule has 2 amide bonds. The number of benzene rings is 4. The first-order valence-corrected chi connectivity index (χ1v) is 16.9. The van der Waals surface area contributed by atoms with Crippen LogP contribution in [0.25, 0.3) is 0 Å². The molecule has 0 unspecified atom stereocenters. The Morgan fingerprint density at radius 1 is 0.826 bits per heavy atom. The number of hydrogen-bond acceptors (Lipinski definition) is 4. The molecule has 0 aliphatic rings.